The molecule has 0 bridgehead atoms. The monoisotopic (exact) mass is 238 g/mol. The first-order chi connectivity index (χ1) is 8.29. The summed E-state index contributed by atoms with van der Waals surface area (Å²) in [7, 11) is 0. The Morgan fingerprint density at radius 2 is 2.06 bits per heavy atom. The zero-order chi connectivity index (χ0) is 12.1. The van der Waals surface area contributed by atoms with Gasteiger partial charge >= 0.3 is 0 Å². The van der Waals surface area contributed by atoms with Gasteiger partial charge in [0.2, 0.25) is 0 Å². The third-order valence-electron chi connectivity index (χ3n) is 4.69. The van der Waals surface area contributed by atoms with Gasteiger partial charge in [-0.15, -0.1) is 0 Å². The van der Waals surface area contributed by atoms with E-state index in [0.29, 0.717) is 0 Å². The molecule has 2 aliphatic rings. The molecule has 100 valence electrons. The highest BCUT2D eigenvalue weighted by atomic mass is 15.2. The second kappa shape index (κ2) is 6.75. The van der Waals surface area contributed by atoms with Crippen molar-refractivity contribution in [3.05, 3.63) is 0 Å². The van der Waals surface area contributed by atoms with Gasteiger partial charge in [-0.1, -0.05) is 19.8 Å². The Morgan fingerprint density at radius 3 is 2.82 bits per heavy atom. The van der Waals surface area contributed by atoms with Gasteiger partial charge in [-0.3, -0.25) is 0 Å². The lowest BCUT2D eigenvalue weighted by molar-refractivity contribution is 0.150. The highest BCUT2D eigenvalue weighted by Gasteiger charge is 2.26. The minimum atomic E-state index is 0.725. The number of hydrogen-bond acceptors (Lipinski definition) is 2. The number of piperidine rings is 1. The van der Waals surface area contributed by atoms with Crippen LogP contribution in [-0.2, 0) is 0 Å². The second-order valence-electron chi connectivity index (χ2n) is 6.15. The van der Waals surface area contributed by atoms with Crippen molar-refractivity contribution in [3.63, 3.8) is 0 Å². The SMILES string of the molecule is CCCC1CCCN(C2CCNC(C)C2)CC1. The van der Waals surface area contributed by atoms with Crippen molar-refractivity contribution in [3.8, 4) is 0 Å². The van der Waals surface area contributed by atoms with Crippen molar-refractivity contribution < 1.29 is 0 Å². The molecule has 2 nitrogen and oxygen atoms in total. The zero-order valence-corrected chi connectivity index (χ0v) is 11.8. The largest absolute Gasteiger partial charge is 0.314 e. The summed E-state index contributed by atoms with van der Waals surface area (Å²) in [5.41, 5.74) is 0. The molecule has 0 aliphatic carbocycles. The van der Waals surface area contributed by atoms with Gasteiger partial charge in [0.05, 0.1) is 0 Å². The summed E-state index contributed by atoms with van der Waals surface area (Å²) in [6.07, 6.45) is 9.91. The van der Waals surface area contributed by atoms with Crippen LogP contribution in [0.25, 0.3) is 0 Å². The van der Waals surface area contributed by atoms with Crippen LogP contribution in [0, 0.1) is 5.92 Å². The topological polar surface area (TPSA) is 15.3 Å². The van der Waals surface area contributed by atoms with Gasteiger partial charge in [-0.05, 0) is 64.6 Å². The summed E-state index contributed by atoms with van der Waals surface area (Å²) in [4.78, 5) is 2.80. The quantitative estimate of drug-likeness (QED) is 0.813. The van der Waals surface area contributed by atoms with Crippen molar-refractivity contribution in [1.29, 1.82) is 0 Å². The van der Waals surface area contributed by atoms with E-state index in [1.165, 1.54) is 64.6 Å². The molecule has 2 rings (SSSR count). The predicted molar refractivity (Wildman–Crippen MR) is 74.3 cm³/mol. The van der Waals surface area contributed by atoms with E-state index < -0.39 is 0 Å². The van der Waals surface area contributed by atoms with Crippen LogP contribution in [0.4, 0.5) is 0 Å². The van der Waals surface area contributed by atoms with Crippen molar-refractivity contribution in [2.75, 3.05) is 19.6 Å². The first-order valence-electron chi connectivity index (χ1n) is 7.77. The van der Waals surface area contributed by atoms with E-state index >= 15 is 0 Å². The Bertz CT molecular complexity index is 217. The van der Waals surface area contributed by atoms with E-state index in [0.717, 1.165) is 18.0 Å². The molecule has 0 saturated carbocycles. The average molecular weight is 238 g/mol. The van der Waals surface area contributed by atoms with Crippen LogP contribution in [0.2, 0.25) is 0 Å². The molecule has 2 heteroatoms. The normalized spacial score (nSPS) is 36.7. The van der Waals surface area contributed by atoms with E-state index in [1.54, 1.807) is 0 Å². The van der Waals surface area contributed by atoms with Gasteiger partial charge in [0.1, 0.15) is 0 Å². The molecular formula is C15H30N2. The highest BCUT2D eigenvalue weighted by molar-refractivity contribution is 4.84. The van der Waals surface area contributed by atoms with Gasteiger partial charge in [0.15, 0.2) is 0 Å². The molecule has 2 fully saturated rings. The molecule has 0 amide bonds. The maximum atomic E-state index is 3.57. The molecule has 0 aromatic rings. The minimum absolute atomic E-state index is 0.725. The number of nitrogens with one attached hydrogen (secondary N) is 1. The maximum Gasteiger partial charge on any atom is 0.0122 e. The Labute approximate surface area is 107 Å². The number of nitrogens with zero attached hydrogens (tertiary/aromatic N) is 1. The van der Waals surface area contributed by atoms with Crippen LogP contribution < -0.4 is 5.32 Å². The van der Waals surface area contributed by atoms with Crippen LogP contribution in [0.15, 0.2) is 0 Å². The standard InChI is InChI=1S/C15H30N2/c1-3-5-14-6-4-10-17(11-8-14)15-7-9-16-13(2)12-15/h13-16H,3-12H2,1-2H3. The average Bonchev–Trinajstić information content (AvgIpc) is 2.55. The summed E-state index contributed by atoms with van der Waals surface area (Å²) >= 11 is 0. The number of likely N-dealkylation sites (tertiary alicyclic amines) is 1. The molecule has 0 aromatic heterocycles. The molecule has 3 atom stereocenters. The Hall–Kier alpha value is -0.0800. The lowest BCUT2D eigenvalue weighted by atomic mass is 9.95. The molecule has 17 heavy (non-hydrogen) atoms. The van der Waals surface area contributed by atoms with E-state index in [2.05, 4.69) is 24.1 Å². The Morgan fingerprint density at radius 1 is 1.18 bits per heavy atom. The summed E-state index contributed by atoms with van der Waals surface area (Å²) in [6, 6.07) is 1.59. The zero-order valence-electron chi connectivity index (χ0n) is 11.8. The second-order valence-corrected chi connectivity index (χ2v) is 6.15. The van der Waals surface area contributed by atoms with Crippen LogP contribution in [0.5, 0.6) is 0 Å². The summed E-state index contributed by atoms with van der Waals surface area (Å²) in [5, 5.41) is 3.57. The van der Waals surface area contributed by atoms with Crippen molar-refractivity contribution in [2.45, 2.75) is 70.9 Å². The predicted octanol–water partition coefficient (Wildman–Crippen LogP) is 3.03. The molecule has 2 saturated heterocycles. The van der Waals surface area contributed by atoms with Gasteiger partial charge in [-0.25, -0.2) is 0 Å². The summed E-state index contributed by atoms with van der Waals surface area (Å²) in [6.45, 7) is 8.61. The fourth-order valence-electron chi connectivity index (χ4n) is 3.69. The lowest BCUT2D eigenvalue weighted by Crippen LogP contribution is -2.47. The highest BCUT2D eigenvalue weighted by Crippen LogP contribution is 2.25. The molecule has 0 radical (unpaired) electrons. The molecular weight excluding hydrogens is 208 g/mol. The van der Waals surface area contributed by atoms with Crippen LogP contribution in [-0.4, -0.2) is 36.6 Å². The third kappa shape index (κ3) is 3.96. The fourth-order valence-corrected chi connectivity index (χ4v) is 3.69. The van der Waals surface area contributed by atoms with E-state index in [9.17, 15) is 0 Å². The van der Waals surface area contributed by atoms with Crippen molar-refractivity contribution >= 4 is 0 Å². The first-order valence-corrected chi connectivity index (χ1v) is 7.77. The van der Waals surface area contributed by atoms with Gasteiger partial charge < -0.3 is 10.2 Å². The molecule has 2 aliphatic heterocycles. The van der Waals surface area contributed by atoms with Gasteiger partial charge in [0.25, 0.3) is 0 Å². The Kier molecular flexibility index (Phi) is 5.30. The van der Waals surface area contributed by atoms with E-state index in [-0.39, 0.29) is 0 Å². The smallest absolute Gasteiger partial charge is 0.0122 e. The lowest BCUT2D eigenvalue weighted by Gasteiger charge is -2.36. The fraction of sp³-hybridized carbons (Fsp3) is 1.00. The van der Waals surface area contributed by atoms with Crippen LogP contribution >= 0.6 is 0 Å². The first kappa shape index (κ1) is 13.4. The molecule has 1 N–H and O–H groups in total. The van der Waals surface area contributed by atoms with Gasteiger partial charge in [-0.2, -0.15) is 0 Å². The van der Waals surface area contributed by atoms with Crippen LogP contribution in [0.3, 0.4) is 0 Å². The maximum absolute atomic E-state index is 3.57. The summed E-state index contributed by atoms with van der Waals surface area (Å²) < 4.78 is 0. The van der Waals surface area contributed by atoms with Crippen LogP contribution in [0.1, 0.15) is 58.8 Å². The van der Waals surface area contributed by atoms with Crippen molar-refractivity contribution in [1.82, 2.24) is 10.2 Å². The summed E-state index contributed by atoms with van der Waals surface area (Å²) in [5.74, 6) is 1.02. The van der Waals surface area contributed by atoms with E-state index in [1.807, 2.05) is 0 Å². The Balaban J connectivity index is 1.81. The molecule has 0 spiro atoms. The molecule has 2 heterocycles. The van der Waals surface area contributed by atoms with Gasteiger partial charge in [0, 0.05) is 12.1 Å². The number of rotatable bonds is 3. The minimum Gasteiger partial charge on any atom is -0.314 e. The third-order valence-corrected chi connectivity index (χ3v) is 4.69. The molecule has 0 aromatic carbocycles. The molecule has 3 unspecified atom stereocenters. The van der Waals surface area contributed by atoms with Crippen molar-refractivity contribution in [2.24, 2.45) is 5.92 Å². The van der Waals surface area contributed by atoms with E-state index in [4.69, 9.17) is 0 Å². The number of hydrogen-bond donors (Lipinski definition) is 1.